The number of nitrogens with zero attached hydrogens (tertiary/aromatic N) is 2. The van der Waals surface area contributed by atoms with Gasteiger partial charge >= 0.3 is 0 Å². The number of nitrogens with two attached hydrogens (primary N) is 1. The van der Waals surface area contributed by atoms with Crippen molar-refractivity contribution in [3.63, 3.8) is 0 Å². The van der Waals surface area contributed by atoms with E-state index in [2.05, 4.69) is 17.3 Å². The predicted octanol–water partition coefficient (Wildman–Crippen LogP) is 5.08. The van der Waals surface area contributed by atoms with E-state index in [0.29, 0.717) is 22.3 Å². The highest BCUT2D eigenvalue weighted by molar-refractivity contribution is 6.30. The third-order valence-electron chi connectivity index (χ3n) is 5.50. The highest BCUT2D eigenvalue weighted by atomic mass is 35.5. The van der Waals surface area contributed by atoms with E-state index in [-0.39, 0.29) is 11.9 Å². The number of hydrogen-bond donors (Lipinski definition) is 2. The molecule has 1 aromatic heterocycles. The van der Waals surface area contributed by atoms with Gasteiger partial charge in [0, 0.05) is 28.3 Å². The number of rotatable bonds is 4. The molecule has 3 aromatic rings. The van der Waals surface area contributed by atoms with Gasteiger partial charge in [-0.25, -0.2) is 4.68 Å². The zero-order valence-electron chi connectivity index (χ0n) is 16.4. The standard InChI is InChI=1S/C23H25ClN4O/c1-15-4-2-7-19(12-15)26-23(29)16-8-10-20(11-9-16)28-22(25)14-21(27-28)17-5-3-6-18(24)13-17/h3,5-6,8-11,13-15,19H,2,4,7,12,25H2,1H3,(H,26,29). The molecule has 4 rings (SSSR count). The summed E-state index contributed by atoms with van der Waals surface area (Å²) >= 11 is 6.08. The average molecular weight is 409 g/mol. The van der Waals surface area contributed by atoms with Crippen LogP contribution in [0.4, 0.5) is 5.82 Å². The van der Waals surface area contributed by atoms with E-state index >= 15 is 0 Å². The van der Waals surface area contributed by atoms with E-state index in [0.717, 1.165) is 29.8 Å². The lowest BCUT2D eigenvalue weighted by Crippen LogP contribution is -2.37. The smallest absolute Gasteiger partial charge is 0.251 e. The molecule has 1 aliphatic rings. The lowest BCUT2D eigenvalue weighted by atomic mass is 9.87. The highest BCUT2D eigenvalue weighted by Gasteiger charge is 2.21. The van der Waals surface area contributed by atoms with Crippen LogP contribution in [-0.4, -0.2) is 21.7 Å². The van der Waals surface area contributed by atoms with E-state index in [1.807, 2.05) is 54.6 Å². The zero-order valence-corrected chi connectivity index (χ0v) is 17.2. The van der Waals surface area contributed by atoms with Gasteiger partial charge in [0.25, 0.3) is 5.91 Å². The topological polar surface area (TPSA) is 72.9 Å². The number of carbonyl (C=O) groups is 1. The number of carbonyl (C=O) groups excluding carboxylic acids is 1. The minimum Gasteiger partial charge on any atom is -0.384 e. The fourth-order valence-electron chi connectivity index (χ4n) is 3.98. The predicted molar refractivity (Wildman–Crippen MR) is 117 cm³/mol. The van der Waals surface area contributed by atoms with Gasteiger partial charge in [0.2, 0.25) is 0 Å². The van der Waals surface area contributed by atoms with Crippen LogP contribution in [0.2, 0.25) is 5.02 Å². The molecule has 2 atom stereocenters. The number of anilines is 1. The molecule has 1 amide bonds. The number of amides is 1. The van der Waals surface area contributed by atoms with Crippen LogP contribution in [0.15, 0.2) is 54.6 Å². The maximum Gasteiger partial charge on any atom is 0.251 e. The quantitative estimate of drug-likeness (QED) is 0.631. The van der Waals surface area contributed by atoms with Crippen LogP contribution in [0.1, 0.15) is 43.0 Å². The van der Waals surface area contributed by atoms with E-state index in [4.69, 9.17) is 17.3 Å². The summed E-state index contributed by atoms with van der Waals surface area (Å²) in [4.78, 5) is 12.6. The first-order valence-corrected chi connectivity index (χ1v) is 10.4. The van der Waals surface area contributed by atoms with Gasteiger partial charge in [-0.3, -0.25) is 4.79 Å². The van der Waals surface area contributed by atoms with Crippen molar-refractivity contribution in [3.05, 3.63) is 65.2 Å². The van der Waals surface area contributed by atoms with Crippen molar-refractivity contribution >= 4 is 23.3 Å². The molecule has 0 bridgehead atoms. The lowest BCUT2D eigenvalue weighted by molar-refractivity contribution is 0.0921. The lowest BCUT2D eigenvalue weighted by Gasteiger charge is -2.27. The molecule has 3 N–H and O–H groups in total. The van der Waals surface area contributed by atoms with Crippen LogP contribution in [0.5, 0.6) is 0 Å². The largest absolute Gasteiger partial charge is 0.384 e. The Morgan fingerprint density at radius 3 is 2.69 bits per heavy atom. The van der Waals surface area contributed by atoms with E-state index < -0.39 is 0 Å². The first kappa shape index (κ1) is 19.5. The van der Waals surface area contributed by atoms with E-state index in [1.54, 1.807) is 4.68 Å². The van der Waals surface area contributed by atoms with Crippen molar-refractivity contribution < 1.29 is 4.79 Å². The third kappa shape index (κ3) is 4.46. The maximum absolute atomic E-state index is 12.6. The fraction of sp³-hybridized carbons (Fsp3) is 0.304. The van der Waals surface area contributed by atoms with E-state index in [1.165, 1.54) is 12.8 Å². The molecule has 2 unspecified atom stereocenters. The Morgan fingerprint density at radius 1 is 1.17 bits per heavy atom. The average Bonchev–Trinajstić information content (AvgIpc) is 3.10. The second-order valence-corrected chi connectivity index (χ2v) is 8.30. The molecule has 1 fully saturated rings. The van der Waals surface area contributed by atoms with Crippen LogP contribution < -0.4 is 11.1 Å². The van der Waals surface area contributed by atoms with Crippen LogP contribution in [0.25, 0.3) is 16.9 Å². The fourth-order valence-corrected chi connectivity index (χ4v) is 4.17. The summed E-state index contributed by atoms with van der Waals surface area (Å²) in [5.41, 5.74) is 9.27. The zero-order chi connectivity index (χ0) is 20.4. The van der Waals surface area contributed by atoms with Crippen molar-refractivity contribution in [3.8, 4) is 16.9 Å². The first-order chi connectivity index (χ1) is 14.0. The van der Waals surface area contributed by atoms with Gasteiger partial charge in [0.15, 0.2) is 0 Å². The molecule has 0 spiro atoms. The summed E-state index contributed by atoms with van der Waals surface area (Å²) in [7, 11) is 0. The molecule has 1 heterocycles. The number of nitrogens with one attached hydrogen (secondary N) is 1. The summed E-state index contributed by atoms with van der Waals surface area (Å²) < 4.78 is 1.67. The normalized spacial score (nSPS) is 19.1. The molecular weight excluding hydrogens is 384 g/mol. The molecule has 0 saturated heterocycles. The van der Waals surface area contributed by atoms with Crippen LogP contribution in [-0.2, 0) is 0 Å². The Hall–Kier alpha value is -2.79. The van der Waals surface area contributed by atoms with Gasteiger partial charge < -0.3 is 11.1 Å². The Balaban J connectivity index is 1.50. The third-order valence-corrected chi connectivity index (χ3v) is 5.74. The molecule has 29 heavy (non-hydrogen) atoms. The van der Waals surface area contributed by atoms with Gasteiger partial charge in [0.05, 0.1) is 11.4 Å². The summed E-state index contributed by atoms with van der Waals surface area (Å²) in [5, 5.41) is 8.42. The summed E-state index contributed by atoms with van der Waals surface area (Å²) in [6.07, 6.45) is 4.55. The van der Waals surface area contributed by atoms with Gasteiger partial charge in [-0.1, -0.05) is 43.5 Å². The van der Waals surface area contributed by atoms with Crippen molar-refractivity contribution in [2.24, 2.45) is 5.92 Å². The Morgan fingerprint density at radius 2 is 1.97 bits per heavy atom. The summed E-state index contributed by atoms with van der Waals surface area (Å²) in [6, 6.07) is 17.0. The molecule has 0 aliphatic heterocycles. The molecule has 1 saturated carbocycles. The van der Waals surface area contributed by atoms with Crippen LogP contribution in [0.3, 0.4) is 0 Å². The van der Waals surface area contributed by atoms with Crippen molar-refractivity contribution in [1.29, 1.82) is 0 Å². The highest BCUT2D eigenvalue weighted by Crippen LogP contribution is 2.26. The maximum atomic E-state index is 12.6. The van der Waals surface area contributed by atoms with Crippen molar-refractivity contribution in [2.45, 2.75) is 38.6 Å². The SMILES string of the molecule is CC1CCCC(NC(=O)c2ccc(-n3nc(-c4cccc(Cl)c4)cc3N)cc2)C1. The monoisotopic (exact) mass is 408 g/mol. The van der Waals surface area contributed by atoms with Gasteiger partial charge in [0.1, 0.15) is 5.82 Å². The Kier molecular flexibility index (Phi) is 5.58. The molecule has 2 aromatic carbocycles. The number of hydrogen-bond acceptors (Lipinski definition) is 3. The molecular formula is C23H25ClN4O. The van der Waals surface area contributed by atoms with Gasteiger partial charge in [-0.15, -0.1) is 0 Å². The van der Waals surface area contributed by atoms with Crippen LogP contribution >= 0.6 is 11.6 Å². The second kappa shape index (κ2) is 8.29. The Bertz CT molecular complexity index is 1010. The number of nitrogen functional groups attached to an aromatic ring is 1. The minimum absolute atomic E-state index is 0.0243. The summed E-state index contributed by atoms with van der Waals surface area (Å²) in [6.45, 7) is 2.25. The number of halogens is 1. The van der Waals surface area contributed by atoms with Gasteiger partial charge in [-0.2, -0.15) is 5.10 Å². The first-order valence-electron chi connectivity index (χ1n) is 10.0. The molecule has 150 valence electrons. The Labute approximate surface area is 175 Å². The number of aromatic nitrogens is 2. The minimum atomic E-state index is -0.0243. The van der Waals surface area contributed by atoms with Crippen LogP contribution in [0, 0.1) is 5.92 Å². The second-order valence-electron chi connectivity index (χ2n) is 7.87. The van der Waals surface area contributed by atoms with Crippen molar-refractivity contribution in [2.75, 3.05) is 5.73 Å². The molecule has 0 radical (unpaired) electrons. The number of benzene rings is 2. The molecule has 5 nitrogen and oxygen atoms in total. The van der Waals surface area contributed by atoms with E-state index in [9.17, 15) is 4.79 Å². The molecule has 6 heteroatoms. The molecule has 1 aliphatic carbocycles. The summed E-state index contributed by atoms with van der Waals surface area (Å²) in [5.74, 6) is 1.17. The van der Waals surface area contributed by atoms with Crippen molar-refractivity contribution in [1.82, 2.24) is 15.1 Å². The van der Waals surface area contributed by atoms with Gasteiger partial charge in [-0.05, 0) is 55.2 Å².